The fraction of sp³-hybridized carbons (Fsp3) is 0.632. The summed E-state index contributed by atoms with van der Waals surface area (Å²) in [6.45, 7) is 9.70. The Kier molecular flexibility index (Phi) is 5.78. The van der Waals surface area contributed by atoms with Gasteiger partial charge in [-0.05, 0) is 51.0 Å². The number of rotatable bonds is 6. The average molecular weight is 347 g/mol. The van der Waals surface area contributed by atoms with Crippen molar-refractivity contribution in [2.45, 2.75) is 38.8 Å². The normalized spacial score (nSPS) is 19.2. The molecule has 1 saturated heterocycles. The van der Waals surface area contributed by atoms with Crippen molar-refractivity contribution in [2.24, 2.45) is 10.7 Å². The number of guanidine groups is 1. The zero-order chi connectivity index (χ0) is 17.8. The van der Waals surface area contributed by atoms with Crippen molar-refractivity contribution < 1.29 is 4.39 Å². The molecule has 0 radical (unpaired) electrons. The number of hydrogen-bond donors (Lipinski definition) is 1. The number of nitrogens with zero attached hydrogens (tertiary/aromatic N) is 4. The predicted octanol–water partition coefficient (Wildman–Crippen LogP) is 2.14. The Bertz CT molecular complexity index is 572. The SMILES string of the molecule is CC(C)N(CCN=C(N)N1CCN(c2ccc(F)cc2)CC1)C1CC1. The molecule has 1 aromatic carbocycles. The van der Waals surface area contributed by atoms with E-state index in [1.807, 2.05) is 12.1 Å². The lowest BCUT2D eigenvalue weighted by molar-refractivity contribution is 0.217. The average Bonchev–Trinajstić information content (AvgIpc) is 3.44. The lowest BCUT2D eigenvalue weighted by Gasteiger charge is -2.36. The molecule has 1 aliphatic heterocycles. The van der Waals surface area contributed by atoms with Gasteiger partial charge in [0.15, 0.2) is 5.96 Å². The summed E-state index contributed by atoms with van der Waals surface area (Å²) in [6.07, 6.45) is 2.64. The van der Waals surface area contributed by atoms with Crippen LogP contribution in [0.25, 0.3) is 0 Å². The molecule has 2 N–H and O–H groups in total. The highest BCUT2D eigenvalue weighted by Crippen LogP contribution is 2.28. The number of halogens is 1. The zero-order valence-electron chi connectivity index (χ0n) is 15.4. The molecule has 2 aliphatic rings. The molecular formula is C19H30FN5. The number of hydrogen-bond acceptors (Lipinski definition) is 3. The van der Waals surface area contributed by atoms with Crippen molar-refractivity contribution in [3.8, 4) is 0 Å². The molecule has 0 atom stereocenters. The molecule has 5 nitrogen and oxygen atoms in total. The second kappa shape index (κ2) is 8.04. The molecule has 138 valence electrons. The van der Waals surface area contributed by atoms with Crippen LogP contribution in [0.3, 0.4) is 0 Å². The number of benzene rings is 1. The Morgan fingerprint density at radius 3 is 2.40 bits per heavy atom. The summed E-state index contributed by atoms with van der Waals surface area (Å²) < 4.78 is 13.0. The molecule has 1 heterocycles. The molecule has 2 fully saturated rings. The molecule has 25 heavy (non-hydrogen) atoms. The lowest BCUT2D eigenvalue weighted by Crippen LogP contribution is -2.51. The van der Waals surface area contributed by atoms with E-state index in [4.69, 9.17) is 5.73 Å². The predicted molar refractivity (Wildman–Crippen MR) is 102 cm³/mol. The second-order valence-electron chi connectivity index (χ2n) is 7.25. The minimum atomic E-state index is -0.194. The smallest absolute Gasteiger partial charge is 0.191 e. The van der Waals surface area contributed by atoms with Gasteiger partial charge in [-0.15, -0.1) is 0 Å². The molecule has 1 aliphatic carbocycles. The zero-order valence-corrected chi connectivity index (χ0v) is 15.4. The minimum absolute atomic E-state index is 0.194. The second-order valence-corrected chi connectivity index (χ2v) is 7.25. The maximum atomic E-state index is 13.0. The van der Waals surface area contributed by atoms with Crippen molar-refractivity contribution in [1.82, 2.24) is 9.80 Å². The van der Waals surface area contributed by atoms with Gasteiger partial charge < -0.3 is 15.5 Å². The summed E-state index contributed by atoms with van der Waals surface area (Å²) in [5.74, 6) is 0.457. The Hall–Kier alpha value is -1.82. The highest BCUT2D eigenvalue weighted by Gasteiger charge is 2.30. The van der Waals surface area contributed by atoms with Gasteiger partial charge in [0.25, 0.3) is 0 Å². The van der Waals surface area contributed by atoms with Crippen molar-refractivity contribution in [3.63, 3.8) is 0 Å². The molecule has 6 heteroatoms. The first kappa shape index (κ1) is 18.0. The first-order chi connectivity index (χ1) is 12.0. The molecule has 0 aromatic heterocycles. The summed E-state index contributed by atoms with van der Waals surface area (Å²) in [7, 11) is 0. The van der Waals surface area contributed by atoms with Gasteiger partial charge in [0, 0.05) is 50.5 Å². The van der Waals surface area contributed by atoms with E-state index in [0.717, 1.165) is 51.0 Å². The Morgan fingerprint density at radius 1 is 1.20 bits per heavy atom. The van der Waals surface area contributed by atoms with E-state index in [-0.39, 0.29) is 5.82 Å². The topological polar surface area (TPSA) is 48.1 Å². The fourth-order valence-corrected chi connectivity index (χ4v) is 3.49. The third-order valence-corrected chi connectivity index (χ3v) is 5.11. The maximum Gasteiger partial charge on any atom is 0.191 e. The monoisotopic (exact) mass is 347 g/mol. The quantitative estimate of drug-likeness (QED) is 0.633. The van der Waals surface area contributed by atoms with Crippen LogP contribution in [0, 0.1) is 5.82 Å². The summed E-state index contributed by atoms with van der Waals surface area (Å²) in [5, 5.41) is 0. The van der Waals surface area contributed by atoms with Crippen LogP contribution in [0.15, 0.2) is 29.3 Å². The van der Waals surface area contributed by atoms with Gasteiger partial charge >= 0.3 is 0 Å². The van der Waals surface area contributed by atoms with Gasteiger partial charge in [0.1, 0.15) is 5.82 Å². The van der Waals surface area contributed by atoms with Gasteiger partial charge in [-0.1, -0.05) is 0 Å². The Balaban J connectivity index is 1.45. The fourth-order valence-electron chi connectivity index (χ4n) is 3.49. The van der Waals surface area contributed by atoms with Crippen molar-refractivity contribution in [2.75, 3.05) is 44.2 Å². The van der Waals surface area contributed by atoms with E-state index >= 15 is 0 Å². The van der Waals surface area contributed by atoms with Crippen LogP contribution in [0.1, 0.15) is 26.7 Å². The van der Waals surface area contributed by atoms with E-state index in [0.29, 0.717) is 12.0 Å². The van der Waals surface area contributed by atoms with Crippen molar-refractivity contribution in [1.29, 1.82) is 0 Å². The molecule has 0 bridgehead atoms. The molecular weight excluding hydrogens is 317 g/mol. The van der Waals surface area contributed by atoms with Gasteiger partial charge in [0.2, 0.25) is 0 Å². The van der Waals surface area contributed by atoms with Crippen molar-refractivity contribution in [3.05, 3.63) is 30.1 Å². The first-order valence-electron chi connectivity index (χ1n) is 9.35. The molecule has 1 saturated carbocycles. The van der Waals surface area contributed by atoms with Crippen LogP contribution in [-0.4, -0.2) is 67.1 Å². The van der Waals surface area contributed by atoms with Crippen LogP contribution >= 0.6 is 0 Å². The van der Waals surface area contributed by atoms with Gasteiger partial charge in [-0.2, -0.15) is 0 Å². The number of piperazine rings is 1. The van der Waals surface area contributed by atoms with Crippen LogP contribution in [0.4, 0.5) is 10.1 Å². The number of aliphatic imine (C=N–C) groups is 1. The molecule has 3 rings (SSSR count). The summed E-state index contributed by atoms with van der Waals surface area (Å²) >= 11 is 0. The van der Waals surface area contributed by atoms with E-state index in [2.05, 4.69) is 33.5 Å². The van der Waals surface area contributed by atoms with Gasteiger partial charge in [-0.25, -0.2) is 4.39 Å². The largest absolute Gasteiger partial charge is 0.370 e. The van der Waals surface area contributed by atoms with Crippen LogP contribution in [0.5, 0.6) is 0 Å². The molecule has 1 aromatic rings. The number of anilines is 1. The standard InChI is InChI=1S/C19H30FN5/c1-15(2)25(18-7-8-18)10-9-22-19(21)24-13-11-23(12-14-24)17-5-3-16(20)4-6-17/h3-6,15,18H,7-14H2,1-2H3,(H2,21,22). The van der Waals surface area contributed by atoms with Crippen LogP contribution < -0.4 is 10.6 Å². The van der Waals surface area contributed by atoms with E-state index < -0.39 is 0 Å². The van der Waals surface area contributed by atoms with Crippen molar-refractivity contribution >= 4 is 11.6 Å². The van der Waals surface area contributed by atoms with E-state index in [1.165, 1.54) is 25.0 Å². The van der Waals surface area contributed by atoms with Crippen LogP contribution in [-0.2, 0) is 0 Å². The first-order valence-corrected chi connectivity index (χ1v) is 9.35. The summed E-state index contributed by atoms with van der Waals surface area (Å²) in [6, 6.07) is 8.02. The van der Waals surface area contributed by atoms with Crippen LogP contribution in [0.2, 0.25) is 0 Å². The van der Waals surface area contributed by atoms with Gasteiger partial charge in [-0.3, -0.25) is 9.89 Å². The summed E-state index contributed by atoms with van der Waals surface area (Å²) in [5.41, 5.74) is 7.26. The molecule has 0 amide bonds. The third-order valence-electron chi connectivity index (χ3n) is 5.11. The maximum absolute atomic E-state index is 13.0. The Labute approximate surface area is 150 Å². The third kappa shape index (κ3) is 4.84. The van der Waals surface area contributed by atoms with E-state index in [1.54, 1.807) is 0 Å². The Morgan fingerprint density at radius 2 is 1.84 bits per heavy atom. The lowest BCUT2D eigenvalue weighted by atomic mass is 10.2. The van der Waals surface area contributed by atoms with Gasteiger partial charge in [0.05, 0.1) is 6.54 Å². The highest BCUT2D eigenvalue weighted by molar-refractivity contribution is 5.78. The molecule has 0 spiro atoms. The minimum Gasteiger partial charge on any atom is -0.370 e. The molecule has 0 unspecified atom stereocenters. The summed E-state index contributed by atoms with van der Waals surface area (Å²) in [4.78, 5) is 11.5. The number of nitrogens with two attached hydrogens (primary N) is 1. The highest BCUT2D eigenvalue weighted by atomic mass is 19.1. The van der Waals surface area contributed by atoms with E-state index in [9.17, 15) is 4.39 Å².